The third kappa shape index (κ3) is 3.10. The highest BCUT2D eigenvalue weighted by Gasteiger charge is 2.28. The van der Waals surface area contributed by atoms with Gasteiger partial charge in [0.25, 0.3) is 0 Å². The molecule has 1 aliphatic heterocycles. The molecule has 14 heavy (non-hydrogen) atoms. The van der Waals surface area contributed by atoms with Crippen molar-refractivity contribution >= 4 is 11.5 Å². The number of nitrogens with zero attached hydrogens (tertiary/aromatic N) is 3. The smallest absolute Gasteiger partial charge is 0.140 e. The lowest BCUT2D eigenvalue weighted by atomic mass is 10.3. The molecule has 1 fully saturated rings. The average molecular weight is 219 g/mol. The number of piperazine rings is 1. The Morgan fingerprint density at radius 2 is 1.64 bits per heavy atom. The second-order valence-electron chi connectivity index (χ2n) is 4.10. The highest BCUT2D eigenvalue weighted by Crippen LogP contribution is 2.11. The van der Waals surface area contributed by atoms with E-state index in [1.807, 2.05) is 18.4 Å². The van der Waals surface area contributed by atoms with Crippen molar-refractivity contribution in [2.45, 2.75) is 19.9 Å². The van der Waals surface area contributed by atoms with Crippen LogP contribution in [0.2, 0.25) is 0 Å². The topological polar surface area (TPSA) is 32.8 Å². The summed E-state index contributed by atoms with van der Waals surface area (Å²) in [5, 5.41) is 0. The maximum atomic E-state index is 11.7. The summed E-state index contributed by atoms with van der Waals surface area (Å²) >= 11 is -0.946. The predicted molar refractivity (Wildman–Crippen MR) is 60.1 cm³/mol. The molecule has 0 aromatic carbocycles. The van der Waals surface area contributed by atoms with Crippen molar-refractivity contribution in [3.05, 3.63) is 0 Å². The summed E-state index contributed by atoms with van der Waals surface area (Å²) in [6.07, 6.45) is 0. The molecule has 1 aliphatic rings. The molecule has 0 aromatic heterocycles. The molecule has 1 heterocycles. The van der Waals surface area contributed by atoms with Crippen molar-refractivity contribution in [2.75, 3.05) is 40.3 Å². The van der Waals surface area contributed by atoms with E-state index in [1.165, 1.54) is 0 Å². The fraction of sp³-hybridized carbons (Fsp3) is 1.00. The zero-order chi connectivity index (χ0) is 10.7. The highest BCUT2D eigenvalue weighted by molar-refractivity contribution is 7.86. The summed E-state index contributed by atoms with van der Waals surface area (Å²) in [5.74, 6) is 0. The molecule has 5 heteroatoms. The molecule has 0 saturated carbocycles. The normalized spacial score (nSPS) is 23.4. The Hall–Kier alpha value is 0.190. The van der Waals surface area contributed by atoms with E-state index in [9.17, 15) is 4.55 Å². The van der Waals surface area contributed by atoms with Crippen molar-refractivity contribution in [3.8, 4) is 0 Å². The van der Waals surface area contributed by atoms with Crippen LogP contribution in [-0.2, 0) is 11.5 Å². The highest BCUT2D eigenvalue weighted by atomic mass is 32.2. The van der Waals surface area contributed by atoms with E-state index in [2.05, 4.69) is 18.7 Å². The number of hydrogen-bond acceptors (Lipinski definition) is 4. The van der Waals surface area contributed by atoms with Crippen LogP contribution in [0.5, 0.6) is 0 Å². The summed E-state index contributed by atoms with van der Waals surface area (Å²) in [6.45, 7) is 8.28. The molecule has 0 N–H and O–H groups in total. The van der Waals surface area contributed by atoms with Crippen molar-refractivity contribution in [1.29, 1.82) is 0 Å². The summed E-state index contributed by atoms with van der Waals surface area (Å²) in [4.78, 5) is 2.42. The van der Waals surface area contributed by atoms with Crippen molar-refractivity contribution in [3.63, 3.8) is 0 Å². The van der Waals surface area contributed by atoms with Gasteiger partial charge < -0.3 is 4.55 Å². The molecule has 0 bridgehead atoms. The lowest BCUT2D eigenvalue weighted by Gasteiger charge is -2.36. The van der Waals surface area contributed by atoms with Crippen LogP contribution < -0.4 is 0 Å². The zero-order valence-electron chi connectivity index (χ0n) is 9.56. The minimum Gasteiger partial charge on any atom is -0.578 e. The van der Waals surface area contributed by atoms with Crippen LogP contribution in [-0.4, -0.2) is 64.4 Å². The monoisotopic (exact) mass is 219 g/mol. The van der Waals surface area contributed by atoms with Gasteiger partial charge in [-0.05, 0) is 13.8 Å². The third-order valence-corrected chi connectivity index (χ3v) is 3.97. The Morgan fingerprint density at radius 3 is 2.00 bits per heavy atom. The zero-order valence-corrected chi connectivity index (χ0v) is 10.4. The van der Waals surface area contributed by atoms with E-state index < -0.39 is 11.5 Å². The SMILES string of the molecule is CC(C)N1CCN([S+]([O-])N(C)C)CC1. The van der Waals surface area contributed by atoms with E-state index >= 15 is 0 Å². The lowest BCUT2D eigenvalue weighted by molar-refractivity contribution is 0.151. The van der Waals surface area contributed by atoms with Crippen LogP contribution in [0.3, 0.4) is 0 Å². The third-order valence-electron chi connectivity index (χ3n) is 2.54. The first kappa shape index (κ1) is 12.3. The Bertz CT molecular complexity index is 169. The van der Waals surface area contributed by atoms with Crippen LogP contribution in [0, 0.1) is 0 Å². The van der Waals surface area contributed by atoms with E-state index in [0.717, 1.165) is 26.2 Å². The standard InChI is InChI=1S/C9H21N3OS/c1-9(2)11-5-7-12(8-6-11)14(13)10(3)4/h9H,5-8H2,1-4H3. The minimum absolute atomic E-state index is 0.602. The molecule has 0 spiro atoms. The van der Waals surface area contributed by atoms with Gasteiger partial charge >= 0.3 is 0 Å². The van der Waals surface area contributed by atoms with E-state index in [1.54, 1.807) is 4.31 Å². The van der Waals surface area contributed by atoms with Gasteiger partial charge in [0.1, 0.15) is 11.5 Å². The van der Waals surface area contributed by atoms with Crippen LogP contribution in [0.15, 0.2) is 0 Å². The average Bonchev–Trinajstić information content (AvgIpc) is 2.16. The fourth-order valence-electron chi connectivity index (χ4n) is 1.61. The summed E-state index contributed by atoms with van der Waals surface area (Å²) in [6, 6.07) is 0.602. The molecule has 1 atom stereocenters. The lowest BCUT2D eigenvalue weighted by Crippen LogP contribution is -2.53. The van der Waals surface area contributed by atoms with Crippen LogP contribution >= 0.6 is 0 Å². The van der Waals surface area contributed by atoms with Gasteiger partial charge in [0, 0.05) is 33.2 Å². The first-order chi connectivity index (χ1) is 6.52. The van der Waals surface area contributed by atoms with Crippen LogP contribution in [0.4, 0.5) is 0 Å². The molecule has 1 unspecified atom stereocenters. The Balaban J connectivity index is 2.35. The van der Waals surface area contributed by atoms with Gasteiger partial charge in [0.2, 0.25) is 0 Å². The maximum Gasteiger partial charge on any atom is 0.140 e. The maximum absolute atomic E-state index is 11.7. The second kappa shape index (κ2) is 5.32. The summed E-state index contributed by atoms with van der Waals surface area (Å²) in [5.41, 5.74) is 0. The van der Waals surface area contributed by atoms with Gasteiger partial charge in [-0.3, -0.25) is 4.90 Å². The fourth-order valence-corrected chi connectivity index (χ4v) is 2.54. The Labute approximate surface area is 90.3 Å². The summed E-state index contributed by atoms with van der Waals surface area (Å²) < 4.78 is 15.5. The van der Waals surface area contributed by atoms with Crippen LogP contribution in [0.25, 0.3) is 0 Å². The molecule has 4 nitrogen and oxygen atoms in total. The van der Waals surface area contributed by atoms with Crippen LogP contribution in [0.1, 0.15) is 13.8 Å². The second-order valence-corrected chi connectivity index (χ2v) is 5.81. The molecule has 0 aliphatic carbocycles. The minimum atomic E-state index is -0.946. The molecule has 84 valence electrons. The first-order valence-corrected chi connectivity index (χ1v) is 6.17. The van der Waals surface area contributed by atoms with E-state index in [-0.39, 0.29) is 0 Å². The molecule has 1 rings (SSSR count). The molecule has 0 aromatic rings. The van der Waals surface area contributed by atoms with Gasteiger partial charge in [-0.15, -0.1) is 8.61 Å². The Kier molecular flexibility index (Phi) is 4.66. The number of hydrogen-bond donors (Lipinski definition) is 0. The quantitative estimate of drug-likeness (QED) is 0.633. The number of rotatable bonds is 3. The molecular weight excluding hydrogens is 198 g/mol. The summed E-state index contributed by atoms with van der Waals surface area (Å²) in [7, 11) is 3.70. The van der Waals surface area contributed by atoms with E-state index in [4.69, 9.17) is 0 Å². The van der Waals surface area contributed by atoms with Gasteiger partial charge in [0.05, 0.1) is 13.1 Å². The molecule has 0 radical (unpaired) electrons. The first-order valence-electron chi connectivity index (χ1n) is 5.10. The van der Waals surface area contributed by atoms with Gasteiger partial charge in [-0.25, -0.2) is 0 Å². The van der Waals surface area contributed by atoms with Gasteiger partial charge in [0.15, 0.2) is 0 Å². The van der Waals surface area contributed by atoms with E-state index in [0.29, 0.717) is 6.04 Å². The van der Waals surface area contributed by atoms with Crippen molar-refractivity contribution in [2.24, 2.45) is 0 Å². The molecule has 1 saturated heterocycles. The predicted octanol–water partition coefficient (Wildman–Crippen LogP) is 0.153. The van der Waals surface area contributed by atoms with Crippen molar-refractivity contribution < 1.29 is 4.55 Å². The molecular formula is C9H21N3OS. The van der Waals surface area contributed by atoms with Crippen molar-refractivity contribution in [1.82, 2.24) is 13.5 Å². The Morgan fingerprint density at radius 1 is 1.14 bits per heavy atom. The van der Waals surface area contributed by atoms with Gasteiger partial charge in [-0.1, -0.05) is 0 Å². The molecule has 0 amide bonds. The van der Waals surface area contributed by atoms with Gasteiger partial charge in [-0.2, -0.15) is 0 Å². The largest absolute Gasteiger partial charge is 0.578 e.